The number of hydrogen-bond acceptors (Lipinski definition) is 3. The lowest BCUT2D eigenvalue weighted by Gasteiger charge is -2.29. The van der Waals surface area contributed by atoms with Gasteiger partial charge < -0.3 is 15.4 Å². The fourth-order valence-corrected chi connectivity index (χ4v) is 1.62. The molecule has 1 atom stereocenters. The lowest BCUT2D eigenvalue weighted by molar-refractivity contribution is -0.176. The van der Waals surface area contributed by atoms with E-state index in [1.54, 1.807) is 4.90 Å². The number of nitrogens with zero attached hydrogens (tertiary/aromatic N) is 1. The van der Waals surface area contributed by atoms with Gasteiger partial charge in [0.05, 0.1) is 12.5 Å². The second-order valence-electron chi connectivity index (χ2n) is 4.62. The van der Waals surface area contributed by atoms with Crippen molar-refractivity contribution in [3.63, 3.8) is 0 Å². The van der Waals surface area contributed by atoms with Gasteiger partial charge >= 0.3 is 6.18 Å². The van der Waals surface area contributed by atoms with Crippen LogP contribution in [0, 0.1) is 11.8 Å². The van der Waals surface area contributed by atoms with Crippen LogP contribution >= 0.6 is 0 Å². The van der Waals surface area contributed by atoms with Gasteiger partial charge in [0.15, 0.2) is 0 Å². The fourth-order valence-electron chi connectivity index (χ4n) is 1.62. The van der Waals surface area contributed by atoms with Gasteiger partial charge in [0.2, 0.25) is 0 Å². The van der Waals surface area contributed by atoms with E-state index in [0.717, 1.165) is 0 Å². The Balaban J connectivity index is 4.37. The highest BCUT2D eigenvalue weighted by Crippen LogP contribution is 2.26. The zero-order chi connectivity index (χ0) is 13.5. The van der Waals surface area contributed by atoms with Crippen molar-refractivity contribution in [2.45, 2.75) is 20.0 Å². The molecule has 0 fully saturated rings. The molecule has 0 aromatic carbocycles. The summed E-state index contributed by atoms with van der Waals surface area (Å²) >= 11 is 0. The monoisotopic (exact) mass is 256 g/mol. The molecule has 17 heavy (non-hydrogen) atoms. The summed E-state index contributed by atoms with van der Waals surface area (Å²) in [6, 6.07) is 0. The van der Waals surface area contributed by atoms with Crippen LogP contribution in [0.3, 0.4) is 0 Å². The minimum Gasteiger partial charge on any atom is -0.383 e. The van der Waals surface area contributed by atoms with Gasteiger partial charge in [0.25, 0.3) is 0 Å². The van der Waals surface area contributed by atoms with Crippen molar-refractivity contribution < 1.29 is 17.9 Å². The van der Waals surface area contributed by atoms with Gasteiger partial charge in [0.1, 0.15) is 0 Å². The van der Waals surface area contributed by atoms with Gasteiger partial charge in [-0.05, 0) is 5.92 Å². The highest BCUT2D eigenvalue weighted by atomic mass is 19.4. The molecule has 0 saturated carbocycles. The molecule has 0 aliphatic rings. The molecule has 0 amide bonds. The summed E-state index contributed by atoms with van der Waals surface area (Å²) in [5, 5.41) is 0. The average Bonchev–Trinajstić information content (AvgIpc) is 2.19. The molecule has 3 nitrogen and oxygen atoms in total. The van der Waals surface area contributed by atoms with E-state index in [9.17, 15) is 13.2 Å². The molecule has 0 aromatic heterocycles. The highest BCUT2D eigenvalue weighted by molar-refractivity contribution is 4.74. The van der Waals surface area contributed by atoms with Gasteiger partial charge in [-0.1, -0.05) is 13.8 Å². The van der Waals surface area contributed by atoms with Crippen molar-refractivity contribution in [3.8, 4) is 0 Å². The van der Waals surface area contributed by atoms with Gasteiger partial charge in [-0.15, -0.1) is 0 Å². The van der Waals surface area contributed by atoms with Gasteiger partial charge in [-0.25, -0.2) is 0 Å². The predicted octanol–water partition coefficient (Wildman–Crippen LogP) is 1.73. The number of halogens is 3. The van der Waals surface area contributed by atoms with Crippen LogP contribution in [0.4, 0.5) is 13.2 Å². The lowest BCUT2D eigenvalue weighted by atomic mass is 10.1. The number of methoxy groups -OCH3 is 1. The van der Waals surface area contributed by atoms with E-state index in [4.69, 9.17) is 10.5 Å². The summed E-state index contributed by atoms with van der Waals surface area (Å²) in [6.07, 6.45) is -4.23. The Labute approximate surface area is 101 Å². The lowest BCUT2D eigenvalue weighted by Crippen LogP contribution is -2.43. The largest absolute Gasteiger partial charge is 0.394 e. The first-order valence-electron chi connectivity index (χ1n) is 5.79. The Kier molecular flexibility index (Phi) is 7.74. The molecule has 1 unspecified atom stereocenters. The number of nitrogens with two attached hydrogens (primary N) is 1. The highest BCUT2D eigenvalue weighted by Gasteiger charge is 2.39. The Morgan fingerprint density at radius 3 is 2.18 bits per heavy atom. The van der Waals surface area contributed by atoms with E-state index >= 15 is 0 Å². The number of hydrogen-bond donors (Lipinski definition) is 1. The molecule has 0 heterocycles. The van der Waals surface area contributed by atoms with E-state index in [1.165, 1.54) is 7.11 Å². The topological polar surface area (TPSA) is 38.5 Å². The Morgan fingerprint density at radius 1 is 1.24 bits per heavy atom. The number of rotatable bonds is 8. The summed E-state index contributed by atoms with van der Waals surface area (Å²) in [7, 11) is 1.54. The molecule has 0 aliphatic heterocycles. The summed E-state index contributed by atoms with van der Waals surface area (Å²) in [6.45, 7) is 5.08. The molecular formula is C11H23F3N2O. The first-order valence-corrected chi connectivity index (χ1v) is 5.79. The Bertz CT molecular complexity index is 198. The van der Waals surface area contributed by atoms with E-state index in [2.05, 4.69) is 0 Å². The third-order valence-corrected chi connectivity index (χ3v) is 2.46. The Morgan fingerprint density at radius 2 is 1.82 bits per heavy atom. The van der Waals surface area contributed by atoms with Gasteiger partial charge in [0, 0.05) is 33.3 Å². The molecule has 0 aliphatic carbocycles. The SMILES string of the molecule is COCCN(CC(C)C)CC(CN)C(F)(F)F. The maximum absolute atomic E-state index is 12.6. The van der Waals surface area contributed by atoms with Crippen LogP contribution < -0.4 is 5.73 Å². The summed E-state index contributed by atoms with van der Waals surface area (Å²) in [5.41, 5.74) is 5.19. The second-order valence-corrected chi connectivity index (χ2v) is 4.62. The van der Waals surface area contributed by atoms with Gasteiger partial charge in [-0.3, -0.25) is 0 Å². The molecule has 104 valence electrons. The Hall–Kier alpha value is -0.330. The quantitative estimate of drug-likeness (QED) is 0.718. The van der Waals surface area contributed by atoms with Crippen molar-refractivity contribution in [1.82, 2.24) is 4.90 Å². The van der Waals surface area contributed by atoms with E-state index in [-0.39, 0.29) is 13.1 Å². The minimum atomic E-state index is -4.23. The summed E-state index contributed by atoms with van der Waals surface area (Å²) < 4.78 is 42.7. The summed E-state index contributed by atoms with van der Waals surface area (Å²) in [4.78, 5) is 1.76. The van der Waals surface area contributed by atoms with Crippen LogP contribution in [-0.4, -0.2) is 51.0 Å². The van der Waals surface area contributed by atoms with E-state index < -0.39 is 12.1 Å². The maximum atomic E-state index is 12.6. The molecule has 2 N–H and O–H groups in total. The van der Waals surface area contributed by atoms with Crippen molar-refractivity contribution in [2.75, 3.05) is 39.9 Å². The minimum absolute atomic E-state index is 0.0540. The van der Waals surface area contributed by atoms with E-state index in [0.29, 0.717) is 25.6 Å². The molecule has 6 heteroatoms. The van der Waals surface area contributed by atoms with Crippen LogP contribution in [0.1, 0.15) is 13.8 Å². The fraction of sp³-hybridized carbons (Fsp3) is 1.00. The maximum Gasteiger partial charge on any atom is 0.394 e. The molecule has 0 bridgehead atoms. The van der Waals surface area contributed by atoms with Crippen LogP contribution in [0.15, 0.2) is 0 Å². The molecule has 0 aromatic rings. The number of ether oxygens (including phenoxy) is 1. The van der Waals surface area contributed by atoms with Gasteiger partial charge in [-0.2, -0.15) is 13.2 Å². The van der Waals surface area contributed by atoms with Crippen LogP contribution in [-0.2, 0) is 4.74 Å². The van der Waals surface area contributed by atoms with Crippen molar-refractivity contribution in [3.05, 3.63) is 0 Å². The number of alkyl halides is 3. The van der Waals surface area contributed by atoms with Crippen LogP contribution in [0.5, 0.6) is 0 Å². The second kappa shape index (κ2) is 7.89. The normalized spacial score (nSPS) is 14.6. The van der Waals surface area contributed by atoms with Crippen LogP contribution in [0.25, 0.3) is 0 Å². The first-order chi connectivity index (χ1) is 7.81. The molecular weight excluding hydrogens is 233 g/mol. The van der Waals surface area contributed by atoms with Crippen molar-refractivity contribution >= 4 is 0 Å². The third kappa shape index (κ3) is 7.57. The van der Waals surface area contributed by atoms with E-state index in [1.807, 2.05) is 13.8 Å². The predicted molar refractivity (Wildman–Crippen MR) is 61.8 cm³/mol. The third-order valence-electron chi connectivity index (χ3n) is 2.46. The smallest absolute Gasteiger partial charge is 0.383 e. The zero-order valence-corrected chi connectivity index (χ0v) is 10.8. The van der Waals surface area contributed by atoms with Crippen molar-refractivity contribution in [2.24, 2.45) is 17.6 Å². The molecule has 0 spiro atoms. The molecule has 0 saturated heterocycles. The standard InChI is InChI=1S/C11H23F3N2O/c1-9(2)7-16(4-5-17-3)8-10(6-15)11(12,13)14/h9-10H,4-8,15H2,1-3H3. The molecule has 0 radical (unpaired) electrons. The average molecular weight is 256 g/mol. The summed E-state index contributed by atoms with van der Waals surface area (Å²) in [5.74, 6) is -1.14. The zero-order valence-electron chi connectivity index (χ0n) is 10.8. The van der Waals surface area contributed by atoms with Crippen LogP contribution in [0.2, 0.25) is 0 Å². The molecule has 0 rings (SSSR count). The van der Waals surface area contributed by atoms with Crippen molar-refractivity contribution in [1.29, 1.82) is 0 Å². The first kappa shape index (κ1) is 16.7.